The third-order valence-corrected chi connectivity index (χ3v) is 7.82. The van der Waals surface area contributed by atoms with Crippen LogP contribution in [0.1, 0.15) is 25.0 Å². The molecule has 6 rings (SSSR count). The maximum absolute atomic E-state index is 13.3. The van der Waals surface area contributed by atoms with Crippen molar-refractivity contribution >= 4 is 28.9 Å². The lowest BCUT2D eigenvalue weighted by molar-refractivity contribution is -0.113. The van der Waals surface area contributed by atoms with Crippen LogP contribution in [0, 0.1) is 5.82 Å². The standard InChI is InChI=1S/C32H29FN4O3S/c1-21-17-36(18-22(2)40-21)32-34-31(38)29(41-32)16-25-19-37(27-8-4-3-5-9-27)35-30(25)24-7-6-10-28(15-24)39-20-23-11-13-26(33)14-12-23/h3-16,19,21-22H,17-18,20H2,1-2H3/b29-16-. The molecule has 2 unspecified atom stereocenters. The summed E-state index contributed by atoms with van der Waals surface area (Å²) in [6.45, 7) is 5.76. The van der Waals surface area contributed by atoms with Gasteiger partial charge in [-0.2, -0.15) is 10.1 Å². The van der Waals surface area contributed by atoms with E-state index in [-0.39, 0.29) is 23.9 Å². The fourth-order valence-electron chi connectivity index (χ4n) is 4.92. The smallest absolute Gasteiger partial charge is 0.286 e. The number of carbonyl (C=O) groups is 1. The van der Waals surface area contributed by atoms with Gasteiger partial charge in [-0.3, -0.25) is 4.79 Å². The van der Waals surface area contributed by atoms with E-state index in [2.05, 4.69) is 9.89 Å². The quantitative estimate of drug-likeness (QED) is 0.253. The van der Waals surface area contributed by atoms with Gasteiger partial charge in [0.1, 0.15) is 23.9 Å². The maximum atomic E-state index is 13.3. The highest BCUT2D eigenvalue weighted by molar-refractivity contribution is 8.18. The van der Waals surface area contributed by atoms with Crippen LogP contribution < -0.4 is 4.74 Å². The van der Waals surface area contributed by atoms with Crippen LogP contribution in [0.5, 0.6) is 5.75 Å². The van der Waals surface area contributed by atoms with Crippen LogP contribution in [0.3, 0.4) is 0 Å². The Labute approximate surface area is 242 Å². The van der Waals surface area contributed by atoms with Gasteiger partial charge in [-0.15, -0.1) is 0 Å². The zero-order valence-corrected chi connectivity index (χ0v) is 23.6. The minimum Gasteiger partial charge on any atom is -0.489 e. The van der Waals surface area contributed by atoms with Gasteiger partial charge in [-0.25, -0.2) is 9.07 Å². The molecule has 0 bridgehead atoms. The molecule has 1 amide bonds. The molecule has 0 aliphatic carbocycles. The van der Waals surface area contributed by atoms with E-state index >= 15 is 0 Å². The second-order valence-corrected chi connectivity index (χ2v) is 11.1. The van der Waals surface area contributed by atoms with Gasteiger partial charge < -0.3 is 14.4 Å². The molecule has 0 radical (unpaired) electrons. The number of amidine groups is 1. The number of nitrogens with zero attached hydrogens (tertiary/aromatic N) is 4. The largest absolute Gasteiger partial charge is 0.489 e. The second-order valence-electron chi connectivity index (χ2n) is 10.1. The van der Waals surface area contributed by atoms with Crippen LogP contribution in [0.4, 0.5) is 4.39 Å². The number of amides is 1. The van der Waals surface area contributed by atoms with Gasteiger partial charge in [-0.1, -0.05) is 42.5 Å². The normalized spacial score (nSPS) is 20.0. The highest BCUT2D eigenvalue weighted by atomic mass is 32.2. The number of benzene rings is 3. The maximum Gasteiger partial charge on any atom is 0.286 e. The molecule has 1 fully saturated rings. The third-order valence-electron chi connectivity index (χ3n) is 6.78. The third kappa shape index (κ3) is 6.26. The molecule has 2 aliphatic heterocycles. The van der Waals surface area contributed by atoms with Gasteiger partial charge in [0.05, 0.1) is 22.8 Å². The molecule has 2 aliphatic rings. The molecule has 0 spiro atoms. The summed E-state index contributed by atoms with van der Waals surface area (Å²) in [5, 5.41) is 5.61. The Kier molecular flexibility index (Phi) is 7.71. The first-order valence-electron chi connectivity index (χ1n) is 13.5. The minimum atomic E-state index is -0.281. The van der Waals surface area contributed by atoms with Crippen molar-refractivity contribution in [2.45, 2.75) is 32.7 Å². The molecule has 208 valence electrons. The predicted octanol–water partition coefficient (Wildman–Crippen LogP) is 6.34. The number of hydrogen-bond donors (Lipinski definition) is 0. The predicted molar refractivity (Wildman–Crippen MR) is 159 cm³/mol. The number of aliphatic imine (C=N–C) groups is 1. The van der Waals surface area contributed by atoms with Crippen LogP contribution in [0.15, 0.2) is 95.0 Å². The Morgan fingerprint density at radius 3 is 2.54 bits per heavy atom. The van der Waals surface area contributed by atoms with E-state index < -0.39 is 0 Å². The minimum absolute atomic E-state index is 0.0680. The lowest BCUT2D eigenvalue weighted by atomic mass is 10.1. The lowest BCUT2D eigenvalue weighted by Crippen LogP contribution is -2.47. The fourth-order valence-corrected chi connectivity index (χ4v) is 5.84. The van der Waals surface area contributed by atoms with Crippen LogP contribution in [-0.2, 0) is 16.1 Å². The lowest BCUT2D eigenvalue weighted by Gasteiger charge is -2.35. The summed E-state index contributed by atoms with van der Waals surface area (Å²) in [5.74, 6) is 0.121. The van der Waals surface area contributed by atoms with Crippen molar-refractivity contribution in [1.82, 2.24) is 14.7 Å². The molecule has 0 N–H and O–H groups in total. The number of hydrogen-bond acceptors (Lipinski definition) is 6. The molecule has 1 saturated heterocycles. The van der Waals surface area contributed by atoms with Crippen LogP contribution in [-0.4, -0.2) is 51.1 Å². The summed E-state index contributed by atoms with van der Waals surface area (Å²) >= 11 is 1.39. The molecule has 1 aromatic heterocycles. The summed E-state index contributed by atoms with van der Waals surface area (Å²) in [4.78, 5) is 20.0. The first-order valence-corrected chi connectivity index (χ1v) is 14.3. The van der Waals surface area contributed by atoms with Gasteiger partial charge >= 0.3 is 0 Å². The fraction of sp³-hybridized carbons (Fsp3) is 0.219. The average Bonchev–Trinajstić information content (AvgIpc) is 3.56. The molecule has 41 heavy (non-hydrogen) atoms. The van der Waals surface area contributed by atoms with E-state index in [0.29, 0.717) is 41.2 Å². The number of para-hydroxylation sites is 1. The van der Waals surface area contributed by atoms with Crippen molar-refractivity contribution < 1.29 is 18.7 Å². The number of thioether (sulfide) groups is 1. The van der Waals surface area contributed by atoms with E-state index in [1.165, 1.54) is 23.9 Å². The van der Waals surface area contributed by atoms with E-state index in [0.717, 1.165) is 22.4 Å². The van der Waals surface area contributed by atoms with Crippen molar-refractivity contribution in [3.63, 3.8) is 0 Å². The van der Waals surface area contributed by atoms with Gasteiger partial charge in [-0.05, 0) is 73.6 Å². The average molecular weight is 569 g/mol. The zero-order chi connectivity index (χ0) is 28.3. The number of halogens is 1. The monoisotopic (exact) mass is 568 g/mol. The van der Waals surface area contributed by atoms with Gasteiger partial charge in [0.25, 0.3) is 5.91 Å². The molecule has 9 heteroatoms. The van der Waals surface area contributed by atoms with Crippen molar-refractivity contribution in [2.75, 3.05) is 13.1 Å². The topological polar surface area (TPSA) is 69.0 Å². The summed E-state index contributed by atoms with van der Waals surface area (Å²) in [6.07, 6.45) is 3.93. The number of carbonyl (C=O) groups excluding carboxylic acids is 1. The number of rotatable bonds is 6. The summed E-state index contributed by atoms with van der Waals surface area (Å²) < 4.78 is 26.9. The van der Waals surface area contributed by atoms with E-state index in [1.807, 2.05) is 85.4 Å². The molecule has 7 nitrogen and oxygen atoms in total. The Morgan fingerprint density at radius 2 is 1.78 bits per heavy atom. The molecule has 3 aromatic carbocycles. The van der Waals surface area contributed by atoms with Gasteiger partial charge in [0.15, 0.2) is 5.17 Å². The van der Waals surface area contributed by atoms with Gasteiger partial charge in [0.2, 0.25) is 0 Å². The first-order chi connectivity index (χ1) is 19.9. The molecule has 3 heterocycles. The van der Waals surface area contributed by atoms with Crippen molar-refractivity contribution in [3.8, 4) is 22.7 Å². The van der Waals surface area contributed by atoms with Crippen LogP contribution in [0.25, 0.3) is 23.0 Å². The molecule has 0 saturated carbocycles. The number of ether oxygens (including phenoxy) is 2. The molecular weight excluding hydrogens is 539 g/mol. The van der Waals surface area contributed by atoms with Gasteiger partial charge in [0, 0.05) is 30.4 Å². The number of morpholine rings is 1. The Morgan fingerprint density at radius 1 is 1.02 bits per heavy atom. The first kappa shape index (κ1) is 27.0. The Balaban J connectivity index is 1.30. The van der Waals surface area contributed by atoms with E-state index in [1.54, 1.807) is 12.1 Å². The van der Waals surface area contributed by atoms with Crippen molar-refractivity contribution in [1.29, 1.82) is 0 Å². The SMILES string of the molecule is CC1CN(C2=NC(=O)/C(=C/c3cn(-c4ccccc4)nc3-c3cccc(OCc4ccc(F)cc4)c3)S2)CC(C)O1. The zero-order valence-electron chi connectivity index (χ0n) is 22.7. The van der Waals surface area contributed by atoms with Crippen LogP contribution >= 0.6 is 11.8 Å². The molecule has 2 atom stereocenters. The second kappa shape index (κ2) is 11.7. The highest BCUT2D eigenvalue weighted by Gasteiger charge is 2.31. The molecule has 4 aromatic rings. The Bertz CT molecular complexity index is 1610. The number of aromatic nitrogens is 2. The Hall–Kier alpha value is -4.21. The van der Waals surface area contributed by atoms with E-state index in [4.69, 9.17) is 14.6 Å². The van der Waals surface area contributed by atoms with E-state index in [9.17, 15) is 9.18 Å². The summed E-state index contributed by atoms with van der Waals surface area (Å²) in [7, 11) is 0. The summed E-state index contributed by atoms with van der Waals surface area (Å²) in [5.41, 5.74) is 4.12. The molecular formula is C32H29FN4O3S. The summed E-state index contributed by atoms with van der Waals surface area (Å²) in [6, 6.07) is 23.7. The van der Waals surface area contributed by atoms with Crippen LogP contribution in [0.2, 0.25) is 0 Å². The van der Waals surface area contributed by atoms with Crippen molar-refractivity contribution in [2.24, 2.45) is 4.99 Å². The highest BCUT2D eigenvalue weighted by Crippen LogP contribution is 2.35. The van der Waals surface area contributed by atoms with Crippen molar-refractivity contribution in [3.05, 3.63) is 107 Å².